The fraction of sp³-hybridized carbons (Fsp3) is 0.727. The third-order valence-electron chi connectivity index (χ3n) is 1.98. The van der Waals surface area contributed by atoms with Gasteiger partial charge in [-0.05, 0) is 6.92 Å². The number of carbonyl (C=O) groups excluding carboxylic acids is 2. The van der Waals surface area contributed by atoms with Crippen LogP contribution in [0.4, 0.5) is 0 Å². The minimum atomic E-state index is -1.08. The number of hydrogen-bond acceptors (Lipinski definition) is 5. The van der Waals surface area contributed by atoms with E-state index in [1.54, 1.807) is 6.92 Å². The number of nitrogens with one attached hydrogen (secondary N) is 1. The number of rotatable bonds is 8. The van der Waals surface area contributed by atoms with Crippen LogP contribution in [0.3, 0.4) is 0 Å². The summed E-state index contributed by atoms with van der Waals surface area (Å²) in [6, 6.07) is -0.933. The Morgan fingerprint density at radius 3 is 2.44 bits per heavy atom. The largest absolute Gasteiger partial charge is 0.480 e. The molecule has 0 aromatic heterocycles. The molecule has 0 saturated carbocycles. The van der Waals surface area contributed by atoms with E-state index in [0.717, 1.165) is 0 Å². The van der Waals surface area contributed by atoms with Crippen LogP contribution in [0.2, 0.25) is 0 Å². The second-order valence-corrected chi connectivity index (χ2v) is 5.22. The molecule has 18 heavy (non-hydrogen) atoms. The Morgan fingerprint density at radius 2 is 2.00 bits per heavy atom. The van der Waals surface area contributed by atoms with E-state index in [0.29, 0.717) is 6.61 Å². The Kier molecular flexibility index (Phi) is 8.19. The van der Waals surface area contributed by atoms with Crippen molar-refractivity contribution in [1.82, 2.24) is 5.32 Å². The van der Waals surface area contributed by atoms with Gasteiger partial charge in [0.25, 0.3) is 0 Å². The number of thioether (sulfide) groups is 1. The molecule has 1 amide bonds. The summed E-state index contributed by atoms with van der Waals surface area (Å²) in [6.07, 6.45) is 0.227. The number of aliphatic carboxylic acids is 1. The molecule has 0 heterocycles. The van der Waals surface area contributed by atoms with Gasteiger partial charge in [-0.1, -0.05) is 6.92 Å². The van der Waals surface area contributed by atoms with Crippen LogP contribution in [0, 0.1) is 0 Å². The molecule has 0 radical (unpaired) electrons. The van der Waals surface area contributed by atoms with Crippen molar-refractivity contribution in [3.05, 3.63) is 0 Å². The molecule has 0 spiro atoms. The van der Waals surface area contributed by atoms with E-state index >= 15 is 0 Å². The first kappa shape index (κ1) is 16.8. The molecule has 0 aromatic rings. The minimum Gasteiger partial charge on any atom is -0.480 e. The lowest BCUT2D eigenvalue weighted by Crippen LogP contribution is -2.41. The number of ether oxygens (including phenoxy) is 1. The quantitative estimate of drug-likeness (QED) is 0.633. The smallest absolute Gasteiger partial charge is 0.327 e. The fourth-order valence-electron chi connectivity index (χ4n) is 1.19. The SMILES string of the molecule is CCOC(=O)CC(C)SC[C@H](NC(C)=O)C(=O)O. The van der Waals surface area contributed by atoms with E-state index < -0.39 is 12.0 Å². The van der Waals surface area contributed by atoms with Gasteiger partial charge in [0, 0.05) is 17.9 Å². The van der Waals surface area contributed by atoms with Crippen LogP contribution in [-0.4, -0.2) is 46.6 Å². The summed E-state index contributed by atoms with van der Waals surface area (Å²) in [5, 5.41) is 11.2. The zero-order valence-electron chi connectivity index (χ0n) is 10.8. The summed E-state index contributed by atoms with van der Waals surface area (Å²) in [5.74, 6) is -1.55. The molecule has 0 aromatic carbocycles. The normalized spacial score (nSPS) is 13.5. The van der Waals surface area contributed by atoms with Crippen LogP contribution >= 0.6 is 11.8 Å². The predicted octanol–water partition coefficient (Wildman–Crippen LogP) is 0.651. The van der Waals surface area contributed by atoms with Crippen molar-refractivity contribution in [3.8, 4) is 0 Å². The lowest BCUT2D eigenvalue weighted by molar-refractivity contribution is -0.143. The maximum Gasteiger partial charge on any atom is 0.327 e. The summed E-state index contributed by atoms with van der Waals surface area (Å²) >= 11 is 1.31. The average Bonchev–Trinajstić information content (AvgIpc) is 2.23. The summed E-state index contributed by atoms with van der Waals surface area (Å²) in [5.41, 5.74) is 0. The van der Waals surface area contributed by atoms with Crippen molar-refractivity contribution in [2.45, 2.75) is 38.5 Å². The maximum atomic E-state index is 11.2. The topological polar surface area (TPSA) is 92.7 Å². The van der Waals surface area contributed by atoms with Crippen LogP contribution in [-0.2, 0) is 19.1 Å². The van der Waals surface area contributed by atoms with Crippen molar-refractivity contribution >= 4 is 29.6 Å². The van der Waals surface area contributed by atoms with Crippen LogP contribution in [0.25, 0.3) is 0 Å². The van der Waals surface area contributed by atoms with E-state index in [-0.39, 0.29) is 29.3 Å². The molecule has 0 fully saturated rings. The molecule has 0 rings (SSSR count). The monoisotopic (exact) mass is 277 g/mol. The first-order valence-electron chi connectivity index (χ1n) is 5.64. The van der Waals surface area contributed by atoms with Crippen molar-refractivity contribution < 1.29 is 24.2 Å². The molecule has 0 aliphatic rings. The standard InChI is InChI=1S/C11H19NO5S/c1-4-17-10(14)5-7(2)18-6-9(11(15)16)12-8(3)13/h7,9H,4-6H2,1-3H3,(H,12,13)(H,15,16)/t7?,9-/m0/s1. The van der Waals surface area contributed by atoms with E-state index in [9.17, 15) is 14.4 Å². The Labute approximate surface area is 110 Å². The summed E-state index contributed by atoms with van der Waals surface area (Å²) < 4.78 is 4.79. The molecular formula is C11H19NO5S. The van der Waals surface area contributed by atoms with Gasteiger partial charge in [0.05, 0.1) is 13.0 Å². The highest BCUT2D eigenvalue weighted by molar-refractivity contribution is 7.99. The first-order valence-corrected chi connectivity index (χ1v) is 6.68. The number of carboxylic acids is 1. The van der Waals surface area contributed by atoms with Gasteiger partial charge in [0.15, 0.2) is 0 Å². The predicted molar refractivity (Wildman–Crippen MR) is 68.4 cm³/mol. The molecule has 2 N–H and O–H groups in total. The molecule has 104 valence electrons. The third-order valence-corrected chi connectivity index (χ3v) is 3.24. The zero-order valence-corrected chi connectivity index (χ0v) is 11.6. The Bertz CT molecular complexity index is 308. The molecule has 0 aliphatic carbocycles. The van der Waals surface area contributed by atoms with Gasteiger partial charge in [-0.25, -0.2) is 4.79 Å². The van der Waals surface area contributed by atoms with Crippen LogP contribution < -0.4 is 5.32 Å². The maximum absolute atomic E-state index is 11.2. The summed E-state index contributed by atoms with van der Waals surface area (Å²) in [6.45, 7) is 5.14. The van der Waals surface area contributed by atoms with Gasteiger partial charge in [-0.2, -0.15) is 11.8 Å². The third kappa shape index (κ3) is 7.94. The molecule has 0 bridgehead atoms. The summed E-state index contributed by atoms with van der Waals surface area (Å²) in [7, 11) is 0. The molecule has 1 unspecified atom stereocenters. The number of amides is 1. The second-order valence-electron chi connectivity index (χ2n) is 3.74. The van der Waals surface area contributed by atoms with Crippen molar-refractivity contribution in [2.24, 2.45) is 0 Å². The van der Waals surface area contributed by atoms with Gasteiger partial charge in [-0.15, -0.1) is 0 Å². The van der Waals surface area contributed by atoms with Crippen molar-refractivity contribution in [1.29, 1.82) is 0 Å². The van der Waals surface area contributed by atoms with Gasteiger partial charge in [-0.3, -0.25) is 9.59 Å². The lowest BCUT2D eigenvalue weighted by Gasteiger charge is -2.15. The fourth-order valence-corrected chi connectivity index (χ4v) is 2.19. The van der Waals surface area contributed by atoms with E-state index in [1.165, 1.54) is 18.7 Å². The van der Waals surface area contributed by atoms with Gasteiger partial charge >= 0.3 is 11.9 Å². The van der Waals surface area contributed by atoms with Crippen LogP contribution in [0.15, 0.2) is 0 Å². The molecule has 0 aliphatic heterocycles. The van der Waals surface area contributed by atoms with Crippen LogP contribution in [0.1, 0.15) is 27.2 Å². The number of hydrogen-bond donors (Lipinski definition) is 2. The van der Waals surface area contributed by atoms with E-state index in [4.69, 9.17) is 9.84 Å². The van der Waals surface area contributed by atoms with E-state index in [2.05, 4.69) is 5.32 Å². The highest BCUT2D eigenvalue weighted by Crippen LogP contribution is 2.16. The molecule has 2 atom stereocenters. The zero-order chi connectivity index (χ0) is 14.1. The lowest BCUT2D eigenvalue weighted by atomic mass is 10.3. The van der Waals surface area contributed by atoms with E-state index in [1.807, 2.05) is 6.92 Å². The van der Waals surface area contributed by atoms with Crippen LogP contribution in [0.5, 0.6) is 0 Å². The molecule has 0 saturated heterocycles. The second kappa shape index (κ2) is 8.79. The first-order chi connectivity index (χ1) is 8.36. The van der Waals surface area contributed by atoms with Crippen molar-refractivity contribution in [3.63, 3.8) is 0 Å². The van der Waals surface area contributed by atoms with Gasteiger partial charge in [0.1, 0.15) is 6.04 Å². The highest BCUT2D eigenvalue weighted by Gasteiger charge is 2.20. The summed E-state index contributed by atoms with van der Waals surface area (Å²) in [4.78, 5) is 32.8. The average molecular weight is 277 g/mol. The number of esters is 1. The Morgan fingerprint density at radius 1 is 1.39 bits per heavy atom. The minimum absolute atomic E-state index is 0.0559. The van der Waals surface area contributed by atoms with Gasteiger partial charge < -0.3 is 15.2 Å². The molecular weight excluding hydrogens is 258 g/mol. The highest BCUT2D eigenvalue weighted by atomic mass is 32.2. The molecule has 7 heteroatoms. The number of carbonyl (C=O) groups is 3. The van der Waals surface area contributed by atoms with Gasteiger partial charge in [0.2, 0.25) is 5.91 Å². The Balaban J connectivity index is 4.06. The van der Waals surface area contributed by atoms with Crippen molar-refractivity contribution in [2.75, 3.05) is 12.4 Å². The Hall–Kier alpha value is -1.24. The molecule has 6 nitrogen and oxygen atoms in total. The number of carboxylic acid groups (broad SMARTS) is 1.